The molecule has 0 aromatic carbocycles. The molecule has 0 bridgehead atoms. The lowest BCUT2D eigenvalue weighted by atomic mass is 10.1. The van der Waals surface area contributed by atoms with Crippen molar-refractivity contribution in [2.45, 2.75) is 51.0 Å². The van der Waals surface area contributed by atoms with E-state index in [0.717, 1.165) is 12.8 Å². The first kappa shape index (κ1) is 14.1. The summed E-state index contributed by atoms with van der Waals surface area (Å²) in [6, 6.07) is 2.04. The van der Waals surface area contributed by atoms with Gasteiger partial charge in [-0.2, -0.15) is 5.10 Å². The van der Waals surface area contributed by atoms with E-state index >= 15 is 0 Å². The molecule has 1 aliphatic carbocycles. The summed E-state index contributed by atoms with van der Waals surface area (Å²) < 4.78 is 0. The Morgan fingerprint density at radius 2 is 2.05 bits per heavy atom. The summed E-state index contributed by atoms with van der Waals surface area (Å²) >= 11 is 0. The summed E-state index contributed by atoms with van der Waals surface area (Å²) in [5.41, 5.74) is 0. The number of carbonyl (C=O) groups is 2. The minimum absolute atomic E-state index is 0.0938. The van der Waals surface area contributed by atoms with E-state index in [1.54, 1.807) is 12.3 Å². The Morgan fingerprint density at radius 3 is 2.71 bits per heavy atom. The van der Waals surface area contributed by atoms with Crippen LogP contribution >= 0.6 is 0 Å². The van der Waals surface area contributed by atoms with Crippen LogP contribution in [-0.2, 0) is 9.59 Å². The summed E-state index contributed by atoms with van der Waals surface area (Å²) in [4.78, 5) is 26.4. The molecule has 2 fully saturated rings. The zero-order valence-electron chi connectivity index (χ0n) is 12.2. The van der Waals surface area contributed by atoms with Gasteiger partial charge in [-0.3, -0.25) is 14.7 Å². The fraction of sp³-hybridized carbons (Fsp3) is 0.667. The minimum Gasteiger partial charge on any atom is -0.339 e. The standard InChI is InChI=1S/C15H22N4O2/c20-14-9-11(15(21)17-13-7-8-16-18-13)10-19(14)12-5-3-1-2-4-6-12/h7-8,11-12H,1-6,9-10H2,(H2,16,17,18,21)/t11-/m0/s1. The molecule has 6 nitrogen and oxygen atoms in total. The van der Waals surface area contributed by atoms with Crippen LogP contribution in [0.1, 0.15) is 44.9 Å². The van der Waals surface area contributed by atoms with E-state index in [0.29, 0.717) is 24.8 Å². The molecule has 0 spiro atoms. The van der Waals surface area contributed by atoms with Crippen LogP contribution in [-0.4, -0.2) is 39.5 Å². The van der Waals surface area contributed by atoms with Crippen molar-refractivity contribution >= 4 is 17.6 Å². The number of hydrogen-bond donors (Lipinski definition) is 2. The summed E-state index contributed by atoms with van der Waals surface area (Å²) in [5, 5.41) is 9.29. The summed E-state index contributed by atoms with van der Waals surface area (Å²) in [6.45, 7) is 0.559. The summed E-state index contributed by atoms with van der Waals surface area (Å²) in [7, 11) is 0. The number of H-pyrrole nitrogens is 1. The molecule has 1 saturated carbocycles. The molecule has 0 unspecified atom stereocenters. The molecule has 114 valence electrons. The largest absolute Gasteiger partial charge is 0.339 e. The second kappa shape index (κ2) is 6.28. The van der Waals surface area contributed by atoms with Gasteiger partial charge in [-0.1, -0.05) is 25.7 Å². The number of anilines is 1. The van der Waals surface area contributed by atoms with Crippen LogP contribution in [0.3, 0.4) is 0 Å². The number of aromatic amines is 1. The Kier molecular flexibility index (Phi) is 4.22. The van der Waals surface area contributed by atoms with Crippen LogP contribution in [0.15, 0.2) is 12.3 Å². The summed E-state index contributed by atoms with van der Waals surface area (Å²) in [6.07, 6.45) is 9.01. The lowest BCUT2D eigenvalue weighted by molar-refractivity contribution is -0.130. The Hall–Kier alpha value is -1.85. The molecule has 1 atom stereocenters. The topological polar surface area (TPSA) is 78.1 Å². The van der Waals surface area contributed by atoms with Gasteiger partial charge in [0.25, 0.3) is 0 Å². The van der Waals surface area contributed by atoms with Crippen LogP contribution in [0.25, 0.3) is 0 Å². The number of hydrogen-bond acceptors (Lipinski definition) is 3. The van der Waals surface area contributed by atoms with Crippen LogP contribution in [0.4, 0.5) is 5.82 Å². The van der Waals surface area contributed by atoms with Gasteiger partial charge in [-0.05, 0) is 12.8 Å². The van der Waals surface area contributed by atoms with E-state index in [2.05, 4.69) is 15.5 Å². The van der Waals surface area contributed by atoms with E-state index in [-0.39, 0.29) is 17.7 Å². The normalized spacial score (nSPS) is 24.1. The van der Waals surface area contributed by atoms with Gasteiger partial charge in [0.15, 0.2) is 0 Å². The highest BCUT2D eigenvalue weighted by molar-refractivity contribution is 5.96. The maximum absolute atomic E-state index is 12.2. The van der Waals surface area contributed by atoms with Crippen molar-refractivity contribution in [3.05, 3.63) is 12.3 Å². The van der Waals surface area contributed by atoms with Gasteiger partial charge in [0.05, 0.1) is 12.1 Å². The molecular weight excluding hydrogens is 268 g/mol. The highest BCUT2D eigenvalue weighted by Gasteiger charge is 2.37. The quantitative estimate of drug-likeness (QED) is 0.835. The third-order valence-corrected chi connectivity index (χ3v) is 4.55. The van der Waals surface area contributed by atoms with Crippen LogP contribution in [0.2, 0.25) is 0 Å². The molecule has 3 rings (SSSR count). The van der Waals surface area contributed by atoms with Crippen LogP contribution < -0.4 is 5.32 Å². The Morgan fingerprint density at radius 1 is 1.29 bits per heavy atom. The average Bonchev–Trinajstić information content (AvgIpc) is 3.02. The van der Waals surface area contributed by atoms with E-state index in [4.69, 9.17) is 0 Å². The first-order valence-corrected chi connectivity index (χ1v) is 7.84. The second-order valence-electron chi connectivity index (χ2n) is 6.05. The van der Waals surface area contributed by atoms with E-state index < -0.39 is 0 Å². The summed E-state index contributed by atoms with van der Waals surface area (Å²) in [5.74, 6) is 0.375. The van der Waals surface area contributed by atoms with Gasteiger partial charge in [0.1, 0.15) is 5.82 Å². The van der Waals surface area contributed by atoms with Gasteiger partial charge in [0.2, 0.25) is 11.8 Å². The van der Waals surface area contributed by atoms with Gasteiger partial charge < -0.3 is 10.2 Å². The Labute approximate surface area is 124 Å². The van der Waals surface area contributed by atoms with E-state index in [1.165, 1.54) is 25.7 Å². The van der Waals surface area contributed by atoms with E-state index in [9.17, 15) is 9.59 Å². The second-order valence-corrected chi connectivity index (χ2v) is 6.05. The third-order valence-electron chi connectivity index (χ3n) is 4.55. The minimum atomic E-state index is -0.246. The molecular formula is C15H22N4O2. The number of amides is 2. The first-order chi connectivity index (χ1) is 10.2. The van der Waals surface area contributed by atoms with Crippen molar-refractivity contribution in [1.29, 1.82) is 0 Å². The first-order valence-electron chi connectivity index (χ1n) is 7.84. The number of aromatic nitrogens is 2. The van der Waals surface area contributed by atoms with Crippen molar-refractivity contribution in [2.75, 3.05) is 11.9 Å². The zero-order chi connectivity index (χ0) is 14.7. The molecule has 2 N–H and O–H groups in total. The van der Waals surface area contributed by atoms with Crippen LogP contribution in [0.5, 0.6) is 0 Å². The monoisotopic (exact) mass is 290 g/mol. The Balaban J connectivity index is 1.59. The molecule has 6 heteroatoms. The van der Waals surface area contributed by atoms with Gasteiger partial charge in [-0.15, -0.1) is 0 Å². The molecule has 2 aliphatic rings. The maximum Gasteiger partial charge on any atom is 0.230 e. The number of rotatable bonds is 3. The molecule has 2 heterocycles. The maximum atomic E-state index is 12.2. The fourth-order valence-electron chi connectivity index (χ4n) is 3.39. The number of nitrogens with one attached hydrogen (secondary N) is 2. The molecule has 1 aliphatic heterocycles. The number of likely N-dealkylation sites (tertiary alicyclic amines) is 1. The molecule has 1 aromatic rings. The van der Waals surface area contributed by atoms with Crippen molar-refractivity contribution < 1.29 is 9.59 Å². The van der Waals surface area contributed by atoms with Crippen molar-refractivity contribution in [1.82, 2.24) is 15.1 Å². The third kappa shape index (κ3) is 3.25. The van der Waals surface area contributed by atoms with Crippen LogP contribution in [0, 0.1) is 5.92 Å². The Bertz CT molecular complexity index is 492. The molecule has 0 radical (unpaired) electrons. The van der Waals surface area contributed by atoms with E-state index in [1.807, 2.05) is 4.90 Å². The SMILES string of the molecule is O=C(Nc1ccn[nH]1)[C@H]1CC(=O)N(C2CCCCCC2)C1. The fourth-order valence-corrected chi connectivity index (χ4v) is 3.39. The number of nitrogens with zero attached hydrogens (tertiary/aromatic N) is 2. The van der Waals surface area contributed by atoms with Gasteiger partial charge in [0, 0.05) is 25.1 Å². The molecule has 21 heavy (non-hydrogen) atoms. The zero-order valence-corrected chi connectivity index (χ0v) is 12.2. The smallest absolute Gasteiger partial charge is 0.230 e. The molecule has 2 amide bonds. The van der Waals surface area contributed by atoms with Gasteiger partial charge >= 0.3 is 0 Å². The predicted molar refractivity (Wildman–Crippen MR) is 78.5 cm³/mol. The predicted octanol–water partition coefficient (Wildman–Crippen LogP) is 1.92. The van der Waals surface area contributed by atoms with Gasteiger partial charge in [-0.25, -0.2) is 0 Å². The highest BCUT2D eigenvalue weighted by atomic mass is 16.2. The molecule has 1 aromatic heterocycles. The lowest BCUT2D eigenvalue weighted by Gasteiger charge is -2.27. The number of carbonyl (C=O) groups excluding carboxylic acids is 2. The van der Waals surface area contributed by atoms with Crippen molar-refractivity contribution in [3.8, 4) is 0 Å². The highest BCUT2D eigenvalue weighted by Crippen LogP contribution is 2.28. The van der Waals surface area contributed by atoms with Crippen molar-refractivity contribution in [2.24, 2.45) is 5.92 Å². The molecule has 1 saturated heterocycles. The lowest BCUT2D eigenvalue weighted by Crippen LogP contribution is -2.37. The average molecular weight is 290 g/mol. The van der Waals surface area contributed by atoms with Crippen molar-refractivity contribution in [3.63, 3.8) is 0 Å².